The predicted octanol–water partition coefficient (Wildman–Crippen LogP) is 3.00. The maximum atomic E-state index is 12.7. The topological polar surface area (TPSA) is 38.1 Å². The number of hydrogen-bond acceptors (Lipinski definition) is 3. The van der Waals surface area contributed by atoms with Crippen LogP contribution in [0.3, 0.4) is 0 Å². The van der Waals surface area contributed by atoms with Crippen LogP contribution < -0.4 is 10.5 Å². The van der Waals surface area contributed by atoms with E-state index in [0.29, 0.717) is 5.39 Å². The highest BCUT2D eigenvalue weighted by atomic mass is 16.1. The van der Waals surface area contributed by atoms with Crippen LogP contribution in [-0.4, -0.2) is 23.6 Å². The van der Waals surface area contributed by atoms with Crippen LogP contribution in [0.4, 0.5) is 5.69 Å². The molecule has 0 unspecified atom stereocenters. The highest BCUT2D eigenvalue weighted by Crippen LogP contribution is 2.37. The van der Waals surface area contributed by atoms with E-state index >= 15 is 0 Å². The summed E-state index contributed by atoms with van der Waals surface area (Å²) in [4.78, 5) is 19.7. The van der Waals surface area contributed by atoms with Crippen LogP contribution in [0.5, 0.6) is 0 Å². The summed E-state index contributed by atoms with van der Waals surface area (Å²) in [6.07, 6.45) is 0.920. The Balaban J connectivity index is 1.93. The average Bonchev–Trinajstić information content (AvgIpc) is 2.99. The summed E-state index contributed by atoms with van der Waals surface area (Å²) in [6, 6.07) is 16.0. The van der Waals surface area contributed by atoms with Crippen molar-refractivity contribution in [3.05, 3.63) is 70.3 Å². The molecule has 2 heterocycles. The number of anilines is 1. The van der Waals surface area contributed by atoms with Crippen LogP contribution in [0.25, 0.3) is 10.9 Å². The van der Waals surface area contributed by atoms with Gasteiger partial charge in [-0.2, -0.15) is 0 Å². The number of nitrogens with zero attached hydrogens (tertiary/aromatic N) is 3. The summed E-state index contributed by atoms with van der Waals surface area (Å²) in [5.74, 6) is 1.06. The van der Waals surface area contributed by atoms with Gasteiger partial charge in [0, 0.05) is 32.2 Å². The van der Waals surface area contributed by atoms with Crippen molar-refractivity contribution in [2.24, 2.45) is 0 Å². The lowest BCUT2D eigenvalue weighted by molar-refractivity contribution is 0.707. The van der Waals surface area contributed by atoms with Gasteiger partial charge in [-0.3, -0.25) is 9.36 Å². The molecule has 4 nitrogen and oxygen atoms in total. The van der Waals surface area contributed by atoms with Crippen molar-refractivity contribution in [1.82, 2.24) is 9.55 Å². The zero-order valence-electron chi connectivity index (χ0n) is 13.4. The van der Waals surface area contributed by atoms with Gasteiger partial charge in [0.25, 0.3) is 5.56 Å². The third-order valence-electron chi connectivity index (χ3n) is 4.64. The van der Waals surface area contributed by atoms with Gasteiger partial charge in [0.1, 0.15) is 5.82 Å². The molecule has 0 amide bonds. The van der Waals surface area contributed by atoms with Gasteiger partial charge in [-0.15, -0.1) is 0 Å². The van der Waals surface area contributed by atoms with Gasteiger partial charge in [0.05, 0.1) is 10.9 Å². The molecule has 0 bridgehead atoms. The third-order valence-corrected chi connectivity index (χ3v) is 4.64. The van der Waals surface area contributed by atoms with E-state index in [2.05, 4.69) is 43.3 Å². The van der Waals surface area contributed by atoms with Crippen LogP contribution in [0.2, 0.25) is 0 Å². The smallest absolute Gasteiger partial charge is 0.261 e. The minimum atomic E-state index is 0.0791. The Morgan fingerprint density at radius 2 is 1.83 bits per heavy atom. The van der Waals surface area contributed by atoms with Gasteiger partial charge in [-0.25, -0.2) is 4.98 Å². The molecule has 0 saturated carbocycles. The largest absolute Gasteiger partial charge is 0.377 e. The van der Waals surface area contributed by atoms with Gasteiger partial charge < -0.3 is 4.90 Å². The molecular formula is C19H19N3O. The molecule has 0 radical (unpaired) electrons. The first kappa shape index (κ1) is 14.0. The zero-order valence-corrected chi connectivity index (χ0v) is 13.4. The lowest BCUT2D eigenvalue weighted by Gasteiger charge is -2.21. The molecule has 2 aromatic carbocycles. The number of para-hydroxylation sites is 2. The van der Waals surface area contributed by atoms with Crippen LogP contribution in [0.15, 0.2) is 53.3 Å². The fraction of sp³-hybridized carbons (Fsp3) is 0.263. The van der Waals surface area contributed by atoms with E-state index in [-0.39, 0.29) is 11.5 Å². The fourth-order valence-electron chi connectivity index (χ4n) is 3.54. The summed E-state index contributed by atoms with van der Waals surface area (Å²) >= 11 is 0. The lowest BCUT2D eigenvalue weighted by Crippen LogP contribution is -2.21. The molecule has 1 aromatic heterocycles. The standard InChI is InChI=1S/C19H19N3O/c1-21(2)17-10-6-4-7-13(17)14-11-12-22-18(14)20-16-9-5-3-8-15(16)19(22)23/h3-10,14H,11-12H2,1-2H3/t14-/m0/s1. The second kappa shape index (κ2) is 5.23. The van der Waals surface area contributed by atoms with Crippen molar-refractivity contribution in [3.63, 3.8) is 0 Å². The summed E-state index contributed by atoms with van der Waals surface area (Å²) in [7, 11) is 4.10. The second-order valence-electron chi connectivity index (χ2n) is 6.24. The number of rotatable bonds is 2. The van der Waals surface area contributed by atoms with Crippen molar-refractivity contribution in [3.8, 4) is 0 Å². The Morgan fingerprint density at radius 3 is 2.65 bits per heavy atom. The summed E-state index contributed by atoms with van der Waals surface area (Å²) < 4.78 is 1.85. The summed E-state index contributed by atoms with van der Waals surface area (Å²) in [5, 5.41) is 0.706. The zero-order chi connectivity index (χ0) is 16.0. The fourth-order valence-corrected chi connectivity index (χ4v) is 3.54. The van der Waals surface area contributed by atoms with Crippen LogP contribution >= 0.6 is 0 Å². The van der Waals surface area contributed by atoms with Gasteiger partial charge in [0.15, 0.2) is 0 Å². The average molecular weight is 305 g/mol. The van der Waals surface area contributed by atoms with Gasteiger partial charge >= 0.3 is 0 Å². The highest BCUT2D eigenvalue weighted by molar-refractivity contribution is 5.77. The number of benzene rings is 2. The number of hydrogen-bond donors (Lipinski definition) is 0. The van der Waals surface area contributed by atoms with Crippen molar-refractivity contribution < 1.29 is 0 Å². The lowest BCUT2D eigenvalue weighted by atomic mass is 9.95. The van der Waals surface area contributed by atoms with Gasteiger partial charge in [-0.05, 0) is 30.2 Å². The monoisotopic (exact) mass is 305 g/mol. The van der Waals surface area contributed by atoms with Gasteiger partial charge in [0.2, 0.25) is 0 Å². The number of fused-ring (bicyclic) bond motifs is 2. The van der Waals surface area contributed by atoms with Crippen molar-refractivity contribution in [1.29, 1.82) is 0 Å². The molecule has 116 valence electrons. The third kappa shape index (κ3) is 2.13. The van der Waals surface area contributed by atoms with E-state index in [1.54, 1.807) is 0 Å². The Morgan fingerprint density at radius 1 is 1.09 bits per heavy atom. The van der Waals surface area contributed by atoms with Crippen LogP contribution in [0, 0.1) is 0 Å². The molecular weight excluding hydrogens is 286 g/mol. The molecule has 0 saturated heterocycles. The molecule has 0 aliphatic carbocycles. The first-order valence-corrected chi connectivity index (χ1v) is 7.92. The van der Waals surface area contributed by atoms with Crippen molar-refractivity contribution >= 4 is 16.6 Å². The molecule has 0 spiro atoms. The Bertz CT molecular complexity index is 943. The van der Waals surface area contributed by atoms with E-state index in [0.717, 1.165) is 24.3 Å². The second-order valence-corrected chi connectivity index (χ2v) is 6.24. The van der Waals surface area contributed by atoms with E-state index < -0.39 is 0 Å². The van der Waals surface area contributed by atoms with E-state index in [4.69, 9.17) is 4.98 Å². The molecule has 1 atom stereocenters. The molecule has 0 fully saturated rings. The van der Waals surface area contributed by atoms with Crippen molar-refractivity contribution in [2.75, 3.05) is 19.0 Å². The molecule has 4 heteroatoms. The van der Waals surface area contributed by atoms with E-state index in [1.807, 2.05) is 28.8 Å². The molecule has 23 heavy (non-hydrogen) atoms. The first-order chi connectivity index (χ1) is 11.2. The number of aromatic nitrogens is 2. The normalized spacial score (nSPS) is 16.5. The SMILES string of the molecule is CN(C)c1ccccc1[C@@H]1CCn2c1nc1ccccc1c2=O. The highest BCUT2D eigenvalue weighted by Gasteiger charge is 2.29. The van der Waals surface area contributed by atoms with Crippen LogP contribution in [-0.2, 0) is 6.54 Å². The minimum Gasteiger partial charge on any atom is -0.377 e. The van der Waals surface area contributed by atoms with E-state index in [9.17, 15) is 4.79 Å². The summed E-state index contributed by atoms with van der Waals surface area (Å²) in [5.41, 5.74) is 3.30. The quantitative estimate of drug-likeness (QED) is 0.730. The maximum Gasteiger partial charge on any atom is 0.261 e. The molecule has 3 aromatic rings. The molecule has 1 aliphatic heterocycles. The van der Waals surface area contributed by atoms with Crippen molar-refractivity contribution in [2.45, 2.75) is 18.9 Å². The Kier molecular flexibility index (Phi) is 3.18. The molecule has 0 N–H and O–H groups in total. The van der Waals surface area contributed by atoms with Crippen LogP contribution in [0.1, 0.15) is 23.7 Å². The summed E-state index contributed by atoms with van der Waals surface area (Å²) in [6.45, 7) is 0.735. The van der Waals surface area contributed by atoms with Gasteiger partial charge in [-0.1, -0.05) is 30.3 Å². The first-order valence-electron chi connectivity index (χ1n) is 7.92. The van der Waals surface area contributed by atoms with E-state index in [1.165, 1.54) is 11.3 Å². The molecule has 4 rings (SSSR count). The maximum absolute atomic E-state index is 12.7. The Labute approximate surface area is 135 Å². The molecule has 1 aliphatic rings. The Hall–Kier alpha value is -2.62. The predicted molar refractivity (Wildman–Crippen MR) is 93.2 cm³/mol. The minimum absolute atomic E-state index is 0.0791.